The van der Waals surface area contributed by atoms with E-state index in [0.717, 1.165) is 17.7 Å². The highest BCUT2D eigenvalue weighted by Gasteiger charge is 2.30. The average Bonchev–Trinajstić information content (AvgIpc) is 3.25. The van der Waals surface area contributed by atoms with Crippen molar-refractivity contribution in [2.45, 2.75) is 12.3 Å². The van der Waals surface area contributed by atoms with Crippen LogP contribution in [0.25, 0.3) is 11.3 Å². The van der Waals surface area contributed by atoms with Gasteiger partial charge in [-0.25, -0.2) is 9.78 Å². The number of carbonyl (C=O) groups is 1. The van der Waals surface area contributed by atoms with Crippen LogP contribution in [-0.4, -0.2) is 60.9 Å². The van der Waals surface area contributed by atoms with E-state index in [1.54, 1.807) is 32.3 Å². The van der Waals surface area contributed by atoms with E-state index in [1.807, 2.05) is 17.5 Å². The molecule has 3 rings (SSSR count). The molecule has 0 radical (unpaired) electrons. The lowest BCUT2D eigenvalue weighted by Gasteiger charge is -2.28. The standard InChI is InChI=1S/C24H25ClF3N3O3S/c1-31(2,14-22(32)33)9-10-34-21(13-29-19-8-4-6-17(12-19)24(26,27)28)23-30-20(15-35-23)16-5-3-7-18(25)11-16/h3-8,11-12,15,21,29H,9-10,13-14H2,1-2H3/p+1. The zero-order valence-electron chi connectivity index (χ0n) is 19.2. The van der Waals surface area contributed by atoms with Gasteiger partial charge in [-0.1, -0.05) is 29.8 Å². The van der Waals surface area contributed by atoms with Crippen molar-refractivity contribution < 1.29 is 32.3 Å². The summed E-state index contributed by atoms with van der Waals surface area (Å²) in [7, 11) is 3.57. The summed E-state index contributed by atoms with van der Waals surface area (Å²) >= 11 is 7.46. The van der Waals surface area contributed by atoms with E-state index < -0.39 is 23.8 Å². The van der Waals surface area contributed by atoms with Gasteiger partial charge in [-0.05, 0) is 30.3 Å². The van der Waals surface area contributed by atoms with Crippen LogP contribution in [0, 0.1) is 0 Å². The molecule has 0 saturated heterocycles. The SMILES string of the molecule is C[N+](C)(CCOC(CNc1cccc(C(F)(F)F)c1)c1nc(-c2cccc(Cl)c2)cs1)CC(=O)O. The van der Waals surface area contributed by atoms with Gasteiger partial charge in [0, 0.05) is 28.2 Å². The Labute approximate surface area is 210 Å². The van der Waals surface area contributed by atoms with Gasteiger partial charge in [0.05, 0.1) is 32.0 Å². The lowest BCUT2D eigenvalue weighted by molar-refractivity contribution is -0.883. The second-order valence-electron chi connectivity index (χ2n) is 8.61. The third-order valence-corrected chi connectivity index (χ3v) is 6.35. The first-order chi connectivity index (χ1) is 16.4. The van der Waals surface area contributed by atoms with Gasteiger partial charge in [-0.2, -0.15) is 13.2 Å². The van der Waals surface area contributed by atoms with Crippen molar-refractivity contribution >= 4 is 34.6 Å². The average molecular weight is 529 g/mol. The number of carboxylic acids is 1. The number of rotatable bonds is 11. The van der Waals surface area contributed by atoms with E-state index in [4.69, 9.17) is 21.4 Å². The van der Waals surface area contributed by atoms with Gasteiger partial charge in [-0.3, -0.25) is 0 Å². The summed E-state index contributed by atoms with van der Waals surface area (Å²) in [6.45, 7) is 0.781. The Morgan fingerprint density at radius 1 is 1.23 bits per heavy atom. The molecule has 0 aliphatic carbocycles. The van der Waals surface area contributed by atoms with Gasteiger partial charge in [0.2, 0.25) is 0 Å². The highest BCUT2D eigenvalue weighted by atomic mass is 35.5. The van der Waals surface area contributed by atoms with Crippen LogP contribution < -0.4 is 5.32 Å². The number of nitrogens with one attached hydrogen (secondary N) is 1. The van der Waals surface area contributed by atoms with Gasteiger partial charge in [-0.15, -0.1) is 11.3 Å². The molecule has 1 aromatic heterocycles. The summed E-state index contributed by atoms with van der Waals surface area (Å²) in [5.74, 6) is -0.913. The number of hydrogen-bond acceptors (Lipinski definition) is 5. The molecule has 0 aliphatic rings. The maximum absolute atomic E-state index is 13.1. The Balaban J connectivity index is 1.76. The molecule has 6 nitrogen and oxygen atoms in total. The number of nitrogens with zero attached hydrogens (tertiary/aromatic N) is 2. The Morgan fingerprint density at radius 3 is 2.66 bits per heavy atom. The van der Waals surface area contributed by atoms with Crippen molar-refractivity contribution in [1.29, 1.82) is 0 Å². The molecule has 1 heterocycles. The van der Waals surface area contributed by atoms with Crippen LogP contribution in [0.5, 0.6) is 0 Å². The normalized spacial score (nSPS) is 13.0. The molecular formula is C24H26ClF3N3O3S+. The van der Waals surface area contributed by atoms with Crippen molar-refractivity contribution in [2.24, 2.45) is 0 Å². The first kappa shape index (κ1) is 26.9. The van der Waals surface area contributed by atoms with E-state index in [9.17, 15) is 18.0 Å². The lowest BCUT2D eigenvalue weighted by Crippen LogP contribution is -2.46. The van der Waals surface area contributed by atoms with Crippen molar-refractivity contribution in [1.82, 2.24) is 4.98 Å². The first-order valence-electron chi connectivity index (χ1n) is 10.7. The molecule has 0 bridgehead atoms. The molecule has 3 aromatic rings. The molecule has 11 heteroatoms. The Morgan fingerprint density at radius 2 is 1.97 bits per heavy atom. The van der Waals surface area contributed by atoms with Crippen LogP contribution in [0.4, 0.5) is 18.9 Å². The van der Waals surface area contributed by atoms with Gasteiger partial charge in [0.1, 0.15) is 17.7 Å². The highest BCUT2D eigenvalue weighted by Crippen LogP contribution is 2.32. The van der Waals surface area contributed by atoms with Crippen molar-refractivity contribution in [3.05, 3.63) is 69.5 Å². The number of ether oxygens (including phenoxy) is 1. The Hall–Kier alpha value is -2.66. The molecule has 2 aromatic carbocycles. The van der Waals surface area contributed by atoms with E-state index in [2.05, 4.69) is 10.3 Å². The predicted octanol–water partition coefficient (Wildman–Crippen LogP) is 5.81. The quantitative estimate of drug-likeness (QED) is 0.307. The second kappa shape index (κ2) is 11.4. The van der Waals surface area contributed by atoms with Crippen molar-refractivity contribution in [2.75, 3.05) is 45.7 Å². The van der Waals surface area contributed by atoms with Crippen LogP contribution in [0.1, 0.15) is 16.7 Å². The summed E-state index contributed by atoms with van der Waals surface area (Å²) in [5.41, 5.74) is 1.11. The van der Waals surface area contributed by atoms with E-state index in [0.29, 0.717) is 28.0 Å². The monoisotopic (exact) mass is 528 g/mol. The number of alkyl halides is 3. The fraction of sp³-hybridized carbons (Fsp3) is 0.333. The third-order valence-electron chi connectivity index (χ3n) is 5.18. The summed E-state index contributed by atoms with van der Waals surface area (Å²) < 4.78 is 45.5. The van der Waals surface area contributed by atoms with Crippen LogP contribution in [0.15, 0.2) is 53.9 Å². The molecule has 1 atom stereocenters. The van der Waals surface area contributed by atoms with Gasteiger partial charge in [0.25, 0.3) is 0 Å². The molecule has 0 fully saturated rings. The molecule has 188 valence electrons. The largest absolute Gasteiger partial charge is 0.477 e. The van der Waals surface area contributed by atoms with Crippen LogP contribution in [-0.2, 0) is 15.7 Å². The van der Waals surface area contributed by atoms with Crippen molar-refractivity contribution in [3.63, 3.8) is 0 Å². The number of anilines is 1. The number of benzene rings is 2. The highest BCUT2D eigenvalue weighted by molar-refractivity contribution is 7.10. The fourth-order valence-electron chi connectivity index (χ4n) is 3.34. The summed E-state index contributed by atoms with van der Waals surface area (Å²) in [6.07, 6.45) is -5.00. The number of aromatic nitrogens is 1. The lowest BCUT2D eigenvalue weighted by atomic mass is 10.2. The molecule has 2 N–H and O–H groups in total. The number of quaternary nitrogens is 1. The van der Waals surface area contributed by atoms with Crippen LogP contribution >= 0.6 is 22.9 Å². The Kier molecular flexibility index (Phi) is 8.76. The van der Waals surface area contributed by atoms with Crippen LogP contribution in [0.3, 0.4) is 0 Å². The molecule has 1 unspecified atom stereocenters. The molecule has 0 amide bonds. The van der Waals surface area contributed by atoms with Crippen LogP contribution in [0.2, 0.25) is 5.02 Å². The number of aliphatic carboxylic acids is 1. The maximum atomic E-state index is 13.1. The molecule has 0 aliphatic heterocycles. The zero-order chi connectivity index (χ0) is 25.6. The smallest absolute Gasteiger partial charge is 0.416 e. The summed E-state index contributed by atoms with van der Waals surface area (Å²) in [6, 6.07) is 12.2. The predicted molar refractivity (Wildman–Crippen MR) is 131 cm³/mol. The fourth-order valence-corrected chi connectivity index (χ4v) is 4.40. The molecule has 0 spiro atoms. The second-order valence-corrected chi connectivity index (χ2v) is 9.94. The zero-order valence-corrected chi connectivity index (χ0v) is 20.8. The minimum atomic E-state index is -4.44. The number of halogens is 4. The molecular weight excluding hydrogens is 503 g/mol. The van der Waals surface area contributed by atoms with Gasteiger partial charge in [0.15, 0.2) is 6.54 Å². The maximum Gasteiger partial charge on any atom is 0.416 e. The third kappa shape index (κ3) is 8.21. The minimum absolute atomic E-state index is 0.0628. The van der Waals surface area contributed by atoms with E-state index in [-0.39, 0.29) is 24.2 Å². The molecule has 0 saturated carbocycles. The molecule has 35 heavy (non-hydrogen) atoms. The number of thiazole rings is 1. The number of likely N-dealkylation sites (N-methyl/N-ethyl adjacent to an activating group) is 1. The van der Waals surface area contributed by atoms with Crippen molar-refractivity contribution in [3.8, 4) is 11.3 Å². The summed E-state index contributed by atoms with van der Waals surface area (Å²) in [5, 5.41) is 15.2. The van der Waals surface area contributed by atoms with E-state index >= 15 is 0 Å². The van der Waals surface area contributed by atoms with Gasteiger partial charge >= 0.3 is 12.1 Å². The Bertz CT molecular complexity index is 1150. The number of carboxylic acid groups (broad SMARTS) is 1. The van der Waals surface area contributed by atoms with Gasteiger partial charge < -0.3 is 19.6 Å². The minimum Gasteiger partial charge on any atom is -0.477 e. The summed E-state index contributed by atoms with van der Waals surface area (Å²) in [4.78, 5) is 15.8. The first-order valence-corrected chi connectivity index (χ1v) is 12.0. The topological polar surface area (TPSA) is 71.5 Å². The number of hydrogen-bond donors (Lipinski definition) is 2. The van der Waals surface area contributed by atoms with E-state index in [1.165, 1.54) is 17.4 Å².